The predicted molar refractivity (Wildman–Crippen MR) is 193 cm³/mol. The van der Waals surface area contributed by atoms with Gasteiger partial charge >= 0.3 is 13.8 Å². The molecule has 0 aromatic heterocycles. The summed E-state index contributed by atoms with van der Waals surface area (Å²) in [5.41, 5.74) is 0. The number of aliphatic hydroxyl groups excluding tert-OH is 5. The molecule has 50 heavy (non-hydrogen) atoms. The Labute approximate surface area is 298 Å². The molecule has 6 unspecified atom stereocenters. The van der Waals surface area contributed by atoms with E-state index in [2.05, 4.69) is 62.5 Å². The van der Waals surface area contributed by atoms with Crippen molar-refractivity contribution in [2.45, 2.75) is 146 Å². The molecule has 12 nitrogen and oxygen atoms in total. The lowest BCUT2D eigenvalue weighted by atomic mass is 9.85. The second kappa shape index (κ2) is 28.6. The largest absolute Gasteiger partial charge is 0.472 e. The predicted octanol–water partition coefficient (Wildman–Crippen LogP) is 5.52. The quantitative estimate of drug-likeness (QED) is 0.0256. The SMILES string of the molecule is CC/C=C\C/C=C\C/C=C\C/C=C\C/C=C\CCOCC(COP(=O)(O)OC1C(O)C(O)C(O)C(O)C1O)OC(=O)CCCCCCCCC. The first-order valence-corrected chi connectivity index (χ1v) is 19.6. The molecule has 0 bridgehead atoms. The van der Waals surface area contributed by atoms with Gasteiger partial charge in [-0.25, -0.2) is 4.57 Å². The number of esters is 1. The molecular formula is C37H63O12P. The van der Waals surface area contributed by atoms with Gasteiger partial charge in [0.1, 0.15) is 42.7 Å². The van der Waals surface area contributed by atoms with Gasteiger partial charge < -0.3 is 39.9 Å². The summed E-state index contributed by atoms with van der Waals surface area (Å²) in [7, 11) is -5.02. The number of phosphoric acid groups is 1. The van der Waals surface area contributed by atoms with Gasteiger partial charge in [-0.3, -0.25) is 13.8 Å². The van der Waals surface area contributed by atoms with E-state index in [-0.39, 0.29) is 13.0 Å². The molecule has 0 aliphatic heterocycles. The Kier molecular flexibility index (Phi) is 26.4. The Morgan fingerprint density at radius 3 is 1.68 bits per heavy atom. The summed E-state index contributed by atoms with van der Waals surface area (Å²) in [5, 5.41) is 49.8. The highest BCUT2D eigenvalue weighted by molar-refractivity contribution is 7.47. The Hall–Kier alpha value is -1.96. The van der Waals surface area contributed by atoms with Gasteiger partial charge in [0, 0.05) is 6.42 Å². The molecule has 6 atom stereocenters. The van der Waals surface area contributed by atoms with Crippen LogP contribution in [-0.2, 0) is 27.9 Å². The maximum atomic E-state index is 12.7. The molecule has 1 fully saturated rings. The van der Waals surface area contributed by atoms with Crippen molar-refractivity contribution in [1.29, 1.82) is 0 Å². The van der Waals surface area contributed by atoms with Crippen LogP contribution in [-0.4, -0.2) is 98.9 Å². The van der Waals surface area contributed by atoms with Crippen molar-refractivity contribution in [3.63, 3.8) is 0 Å². The van der Waals surface area contributed by atoms with Gasteiger partial charge in [0.05, 0.1) is 19.8 Å². The Morgan fingerprint density at radius 2 is 1.14 bits per heavy atom. The first kappa shape index (κ1) is 46.1. The van der Waals surface area contributed by atoms with Crippen LogP contribution in [0.4, 0.5) is 0 Å². The van der Waals surface area contributed by atoms with E-state index in [9.17, 15) is 39.8 Å². The average Bonchev–Trinajstić information content (AvgIpc) is 3.09. The first-order chi connectivity index (χ1) is 24.0. The van der Waals surface area contributed by atoms with Crippen molar-refractivity contribution in [3.05, 3.63) is 60.8 Å². The number of rotatable bonds is 28. The van der Waals surface area contributed by atoms with Crippen LogP contribution in [0.5, 0.6) is 0 Å². The third kappa shape index (κ3) is 21.4. The zero-order chi connectivity index (χ0) is 37.0. The molecule has 0 amide bonds. The van der Waals surface area contributed by atoms with Crippen LogP contribution >= 0.6 is 7.82 Å². The number of hydrogen-bond donors (Lipinski definition) is 6. The van der Waals surface area contributed by atoms with Crippen molar-refractivity contribution in [2.24, 2.45) is 0 Å². The van der Waals surface area contributed by atoms with E-state index in [0.717, 1.165) is 64.2 Å². The van der Waals surface area contributed by atoms with E-state index in [1.807, 2.05) is 12.2 Å². The van der Waals surface area contributed by atoms with Crippen LogP contribution in [0.1, 0.15) is 104 Å². The minimum Gasteiger partial charge on any atom is -0.457 e. The highest BCUT2D eigenvalue weighted by atomic mass is 31.2. The fraction of sp³-hybridized carbons (Fsp3) is 0.703. The van der Waals surface area contributed by atoms with Crippen LogP contribution < -0.4 is 0 Å². The van der Waals surface area contributed by atoms with Crippen LogP contribution in [0, 0.1) is 0 Å². The summed E-state index contributed by atoms with van der Waals surface area (Å²) in [5.74, 6) is -0.513. The topological polar surface area (TPSA) is 192 Å². The van der Waals surface area contributed by atoms with Gasteiger partial charge in [-0.1, -0.05) is 113 Å². The molecule has 0 aromatic carbocycles. The minimum absolute atomic E-state index is 0.133. The van der Waals surface area contributed by atoms with Crippen molar-refractivity contribution in [1.82, 2.24) is 0 Å². The first-order valence-electron chi connectivity index (χ1n) is 18.1. The summed E-state index contributed by atoms with van der Waals surface area (Å²) < 4.78 is 33.7. The van der Waals surface area contributed by atoms with Gasteiger partial charge in [-0.05, 0) is 44.9 Å². The van der Waals surface area contributed by atoms with Crippen LogP contribution in [0.15, 0.2) is 60.8 Å². The maximum Gasteiger partial charge on any atom is 0.472 e. The van der Waals surface area contributed by atoms with E-state index in [4.69, 9.17) is 18.5 Å². The highest BCUT2D eigenvalue weighted by Gasteiger charge is 2.51. The number of phosphoric ester groups is 1. The molecule has 0 spiro atoms. The zero-order valence-electron chi connectivity index (χ0n) is 29.9. The normalized spacial score (nSPS) is 25.0. The van der Waals surface area contributed by atoms with Crippen LogP contribution in [0.2, 0.25) is 0 Å². The molecule has 0 heterocycles. The molecule has 1 rings (SSSR count). The Balaban J connectivity index is 2.53. The minimum atomic E-state index is -5.02. The standard InChI is InChI=1S/C37H63O12P/c1-3-5-7-9-11-12-13-14-15-16-17-18-19-21-23-25-27-46-28-30(48-31(38)26-24-22-20-10-8-6-4-2)29-47-50(44,45)49-37-35(42)33(40)32(39)34(41)36(37)43/h5,7,11-12,14-15,17-18,21,23,30,32-37,39-43H,3-4,6,8-10,13,16,19-20,22,24-29H2,1-2H3,(H,44,45)/b7-5-,12-11-,15-14-,18-17-,23-21-. The molecule has 0 saturated heterocycles. The number of hydrogen-bond acceptors (Lipinski definition) is 11. The van der Waals surface area contributed by atoms with Crippen molar-refractivity contribution in [2.75, 3.05) is 19.8 Å². The molecule has 1 aliphatic rings. The molecule has 1 aliphatic carbocycles. The lowest BCUT2D eigenvalue weighted by molar-refractivity contribution is -0.220. The Bertz CT molecular complexity index is 1060. The highest BCUT2D eigenvalue weighted by Crippen LogP contribution is 2.47. The summed E-state index contributed by atoms with van der Waals surface area (Å²) in [4.78, 5) is 22.8. The van der Waals surface area contributed by atoms with Gasteiger partial charge in [0.25, 0.3) is 0 Å². The monoisotopic (exact) mass is 730 g/mol. The molecule has 288 valence electrons. The van der Waals surface area contributed by atoms with Crippen molar-refractivity contribution < 1.29 is 58.3 Å². The maximum absolute atomic E-state index is 12.7. The second-order valence-electron chi connectivity index (χ2n) is 12.3. The molecule has 6 N–H and O–H groups in total. The number of allylic oxidation sites excluding steroid dienone is 9. The molecule has 0 aromatic rings. The molecule has 0 radical (unpaired) electrons. The molecule has 1 saturated carbocycles. The van der Waals surface area contributed by atoms with E-state index in [0.29, 0.717) is 19.4 Å². The number of carbonyl (C=O) groups is 1. The number of ether oxygens (including phenoxy) is 2. The van der Waals surface area contributed by atoms with Crippen LogP contribution in [0.25, 0.3) is 0 Å². The van der Waals surface area contributed by atoms with Crippen molar-refractivity contribution >= 4 is 13.8 Å². The second-order valence-corrected chi connectivity index (χ2v) is 13.7. The van der Waals surface area contributed by atoms with E-state index < -0.39 is 63.1 Å². The number of unbranched alkanes of at least 4 members (excludes halogenated alkanes) is 6. The van der Waals surface area contributed by atoms with Gasteiger partial charge in [-0.15, -0.1) is 0 Å². The number of carbonyl (C=O) groups excluding carboxylic acids is 1. The summed E-state index contributed by atoms with van der Waals surface area (Å²) in [6.07, 6.45) is 20.7. The van der Waals surface area contributed by atoms with Gasteiger partial charge in [0.15, 0.2) is 0 Å². The Morgan fingerprint density at radius 1 is 0.660 bits per heavy atom. The third-order valence-corrected chi connectivity index (χ3v) is 8.91. The summed E-state index contributed by atoms with van der Waals surface area (Å²) in [6.45, 7) is 3.82. The fourth-order valence-corrected chi connectivity index (χ4v) is 5.98. The lowest BCUT2D eigenvalue weighted by Crippen LogP contribution is -2.64. The van der Waals surface area contributed by atoms with Gasteiger partial charge in [-0.2, -0.15) is 0 Å². The van der Waals surface area contributed by atoms with E-state index in [1.165, 1.54) is 6.42 Å². The third-order valence-electron chi connectivity index (χ3n) is 7.92. The smallest absolute Gasteiger partial charge is 0.457 e. The summed E-state index contributed by atoms with van der Waals surface area (Å²) in [6, 6.07) is 0. The zero-order valence-corrected chi connectivity index (χ0v) is 30.8. The van der Waals surface area contributed by atoms with E-state index >= 15 is 0 Å². The van der Waals surface area contributed by atoms with E-state index in [1.54, 1.807) is 0 Å². The molecule has 13 heteroatoms. The summed E-state index contributed by atoms with van der Waals surface area (Å²) >= 11 is 0. The fourth-order valence-electron chi connectivity index (χ4n) is 5.01. The average molecular weight is 731 g/mol. The van der Waals surface area contributed by atoms with Crippen LogP contribution in [0.3, 0.4) is 0 Å². The number of aliphatic hydroxyl groups is 5. The van der Waals surface area contributed by atoms with Crippen molar-refractivity contribution in [3.8, 4) is 0 Å². The van der Waals surface area contributed by atoms with Gasteiger partial charge in [0.2, 0.25) is 0 Å². The lowest BCUT2D eigenvalue weighted by Gasteiger charge is -2.41. The molecular weight excluding hydrogens is 667 g/mol.